The molecular weight excluding hydrogens is 325 g/mol. The molecule has 1 saturated heterocycles. The zero-order chi connectivity index (χ0) is 18.0. The van der Waals surface area contributed by atoms with E-state index in [9.17, 15) is 13.2 Å². The van der Waals surface area contributed by atoms with E-state index in [1.54, 1.807) is 6.07 Å². The van der Waals surface area contributed by atoms with Gasteiger partial charge in [-0.15, -0.1) is 0 Å². The van der Waals surface area contributed by atoms with Crippen molar-refractivity contribution in [1.29, 1.82) is 0 Å². The summed E-state index contributed by atoms with van der Waals surface area (Å²) in [7, 11) is 0. The first kappa shape index (κ1) is 18.0. The minimum Gasteiger partial charge on any atom is -0.314 e. The Labute approximate surface area is 146 Å². The molecule has 2 aromatic carbocycles. The average Bonchev–Trinajstić information content (AvgIpc) is 2.58. The van der Waals surface area contributed by atoms with Gasteiger partial charge in [0, 0.05) is 26.2 Å². The number of hydrogen-bond acceptors (Lipinski definition) is 2. The van der Waals surface area contributed by atoms with Crippen molar-refractivity contribution in [2.24, 2.45) is 0 Å². The lowest BCUT2D eigenvalue weighted by Crippen LogP contribution is -2.45. The molecular formula is C20H23F3N2. The highest BCUT2D eigenvalue weighted by Crippen LogP contribution is 2.35. The number of nitrogens with zero attached hydrogens (tertiary/aromatic N) is 1. The van der Waals surface area contributed by atoms with E-state index in [4.69, 9.17) is 0 Å². The first-order valence-corrected chi connectivity index (χ1v) is 8.55. The minimum absolute atomic E-state index is 0.162. The Morgan fingerprint density at radius 1 is 1.00 bits per heavy atom. The third-order valence-electron chi connectivity index (χ3n) is 4.77. The van der Waals surface area contributed by atoms with Gasteiger partial charge in [0.25, 0.3) is 0 Å². The average molecular weight is 348 g/mol. The number of nitrogens with one attached hydrogen (secondary N) is 1. The Morgan fingerprint density at radius 2 is 1.72 bits per heavy atom. The Morgan fingerprint density at radius 3 is 2.36 bits per heavy atom. The van der Waals surface area contributed by atoms with Crippen LogP contribution in [0.1, 0.15) is 33.9 Å². The summed E-state index contributed by atoms with van der Waals surface area (Å²) in [5.41, 5.74) is 3.45. The molecule has 0 bridgehead atoms. The van der Waals surface area contributed by atoms with Crippen LogP contribution in [0.4, 0.5) is 13.2 Å². The Kier molecular flexibility index (Phi) is 5.16. The van der Waals surface area contributed by atoms with Gasteiger partial charge < -0.3 is 5.32 Å². The van der Waals surface area contributed by atoms with Gasteiger partial charge in [0.05, 0.1) is 11.6 Å². The normalized spacial score (nSPS) is 17.5. The number of aryl methyl sites for hydroxylation is 2. The SMILES string of the molecule is Cc1ccc(C(c2cccc(C(F)(F)F)c2)N2CCNCC2)c(C)c1. The highest BCUT2D eigenvalue weighted by atomic mass is 19.4. The van der Waals surface area contributed by atoms with Crippen molar-refractivity contribution < 1.29 is 13.2 Å². The summed E-state index contributed by atoms with van der Waals surface area (Å²) < 4.78 is 39.6. The molecule has 3 rings (SSSR count). The lowest BCUT2D eigenvalue weighted by Gasteiger charge is -2.36. The van der Waals surface area contributed by atoms with E-state index in [0.717, 1.165) is 48.9 Å². The van der Waals surface area contributed by atoms with Crippen molar-refractivity contribution in [3.8, 4) is 0 Å². The maximum absolute atomic E-state index is 13.2. The smallest absolute Gasteiger partial charge is 0.314 e. The number of benzene rings is 2. The molecule has 1 heterocycles. The summed E-state index contributed by atoms with van der Waals surface area (Å²) >= 11 is 0. The van der Waals surface area contributed by atoms with Gasteiger partial charge in [-0.2, -0.15) is 13.2 Å². The Balaban J connectivity index is 2.08. The molecule has 0 spiro atoms. The number of piperazine rings is 1. The predicted octanol–water partition coefficient (Wildman–Crippen LogP) is 4.32. The number of alkyl halides is 3. The Bertz CT molecular complexity index is 734. The number of hydrogen-bond donors (Lipinski definition) is 1. The van der Waals surface area contributed by atoms with Crippen LogP contribution in [-0.2, 0) is 6.18 Å². The Hall–Kier alpha value is -1.85. The van der Waals surface area contributed by atoms with E-state index in [-0.39, 0.29) is 6.04 Å². The molecule has 1 N–H and O–H groups in total. The van der Waals surface area contributed by atoms with E-state index >= 15 is 0 Å². The topological polar surface area (TPSA) is 15.3 Å². The fraction of sp³-hybridized carbons (Fsp3) is 0.400. The highest BCUT2D eigenvalue weighted by molar-refractivity contribution is 5.40. The summed E-state index contributed by atoms with van der Waals surface area (Å²) in [6.07, 6.45) is -4.33. The first-order valence-electron chi connectivity index (χ1n) is 8.55. The molecule has 0 radical (unpaired) electrons. The van der Waals surface area contributed by atoms with Crippen LogP contribution >= 0.6 is 0 Å². The third-order valence-corrected chi connectivity index (χ3v) is 4.77. The van der Waals surface area contributed by atoms with Crippen LogP contribution in [0.15, 0.2) is 42.5 Å². The van der Waals surface area contributed by atoms with Crippen LogP contribution in [0.5, 0.6) is 0 Å². The van der Waals surface area contributed by atoms with Crippen LogP contribution in [-0.4, -0.2) is 31.1 Å². The molecule has 0 aromatic heterocycles. The summed E-state index contributed by atoms with van der Waals surface area (Å²) in [4.78, 5) is 2.27. The van der Waals surface area contributed by atoms with Crippen molar-refractivity contribution in [3.05, 3.63) is 70.3 Å². The van der Waals surface area contributed by atoms with E-state index in [1.807, 2.05) is 19.9 Å². The second kappa shape index (κ2) is 7.18. The molecule has 1 unspecified atom stereocenters. The predicted molar refractivity (Wildman–Crippen MR) is 93.6 cm³/mol. The largest absolute Gasteiger partial charge is 0.416 e. The molecule has 134 valence electrons. The zero-order valence-corrected chi connectivity index (χ0v) is 14.5. The molecule has 0 saturated carbocycles. The lowest BCUT2D eigenvalue weighted by atomic mass is 9.91. The quantitative estimate of drug-likeness (QED) is 0.889. The van der Waals surface area contributed by atoms with Crippen LogP contribution in [0.25, 0.3) is 0 Å². The molecule has 25 heavy (non-hydrogen) atoms. The minimum atomic E-state index is -4.33. The van der Waals surface area contributed by atoms with Crippen LogP contribution < -0.4 is 5.32 Å². The van der Waals surface area contributed by atoms with Crippen LogP contribution in [0, 0.1) is 13.8 Å². The van der Waals surface area contributed by atoms with E-state index in [1.165, 1.54) is 12.1 Å². The van der Waals surface area contributed by atoms with Gasteiger partial charge in [0.1, 0.15) is 0 Å². The van der Waals surface area contributed by atoms with Crippen molar-refractivity contribution >= 4 is 0 Å². The summed E-state index contributed by atoms with van der Waals surface area (Å²) in [6.45, 7) is 7.38. The van der Waals surface area contributed by atoms with Gasteiger partial charge in [-0.3, -0.25) is 4.90 Å². The van der Waals surface area contributed by atoms with Crippen LogP contribution in [0.2, 0.25) is 0 Å². The standard InChI is InChI=1S/C20H23F3N2/c1-14-6-7-18(15(2)12-14)19(25-10-8-24-9-11-25)16-4-3-5-17(13-16)20(21,22)23/h3-7,12-13,19,24H,8-11H2,1-2H3. The zero-order valence-electron chi connectivity index (χ0n) is 14.5. The maximum atomic E-state index is 13.2. The number of rotatable bonds is 3. The number of halogens is 3. The fourth-order valence-electron chi connectivity index (χ4n) is 3.54. The molecule has 5 heteroatoms. The monoisotopic (exact) mass is 348 g/mol. The molecule has 1 fully saturated rings. The van der Waals surface area contributed by atoms with Crippen molar-refractivity contribution in [2.45, 2.75) is 26.1 Å². The molecule has 0 amide bonds. The van der Waals surface area contributed by atoms with E-state index in [2.05, 4.69) is 22.3 Å². The molecule has 2 nitrogen and oxygen atoms in total. The van der Waals surface area contributed by atoms with Gasteiger partial charge in [0.2, 0.25) is 0 Å². The van der Waals surface area contributed by atoms with Gasteiger partial charge in [-0.25, -0.2) is 0 Å². The highest BCUT2D eigenvalue weighted by Gasteiger charge is 2.32. The molecule has 1 aliphatic rings. The van der Waals surface area contributed by atoms with Crippen molar-refractivity contribution in [3.63, 3.8) is 0 Å². The van der Waals surface area contributed by atoms with Gasteiger partial charge >= 0.3 is 6.18 Å². The second-order valence-electron chi connectivity index (χ2n) is 6.67. The molecule has 0 aliphatic carbocycles. The van der Waals surface area contributed by atoms with Crippen molar-refractivity contribution in [1.82, 2.24) is 10.2 Å². The summed E-state index contributed by atoms with van der Waals surface area (Å²) in [5, 5.41) is 3.31. The molecule has 1 aliphatic heterocycles. The molecule has 1 atom stereocenters. The summed E-state index contributed by atoms with van der Waals surface area (Å²) in [5.74, 6) is 0. The third kappa shape index (κ3) is 4.05. The lowest BCUT2D eigenvalue weighted by molar-refractivity contribution is -0.137. The fourth-order valence-corrected chi connectivity index (χ4v) is 3.54. The van der Waals surface area contributed by atoms with Crippen molar-refractivity contribution in [2.75, 3.05) is 26.2 Å². The second-order valence-corrected chi connectivity index (χ2v) is 6.67. The van der Waals surface area contributed by atoms with Gasteiger partial charge in [0.15, 0.2) is 0 Å². The van der Waals surface area contributed by atoms with Gasteiger partial charge in [-0.05, 0) is 42.7 Å². The van der Waals surface area contributed by atoms with Gasteiger partial charge in [-0.1, -0.05) is 35.9 Å². The maximum Gasteiger partial charge on any atom is 0.416 e. The molecule has 2 aromatic rings. The van der Waals surface area contributed by atoms with E-state index in [0.29, 0.717) is 5.56 Å². The summed E-state index contributed by atoms with van der Waals surface area (Å²) in [6, 6.07) is 11.8. The van der Waals surface area contributed by atoms with E-state index < -0.39 is 11.7 Å². The first-order chi connectivity index (χ1) is 11.9. The van der Waals surface area contributed by atoms with Crippen LogP contribution in [0.3, 0.4) is 0 Å².